The second-order valence-electron chi connectivity index (χ2n) is 15.7. The highest BCUT2D eigenvalue weighted by Gasteiger charge is 2.70. The zero-order chi connectivity index (χ0) is 46.5. The number of nitro benzene ring substituents is 2. The average molecular weight is 990 g/mol. The molecule has 3 fully saturated rings. The van der Waals surface area contributed by atoms with Gasteiger partial charge in [0, 0.05) is 43.4 Å². The molecule has 17 nitrogen and oxygen atoms in total. The lowest BCUT2D eigenvalue weighted by Gasteiger charge is -2.50. The van der Waals surface area contributed by atoms with Crippen LogP contribution in [0.25, 0.3) is 0 Å². The molecule has 6 atom stereocenters. The molecule has 4 aromatic rings. The normalized spacial score (nSPS) is 24.0. The molecule has 2 N–H and O–H groups in total. The summed E-state index contributed by atoms with van der Waals surface area (Å²) >= 11 is 16.0. The predicted molar refractivity (Wildman–Crippen MR) is 226 cm³/mol. The number of nitrogens with one attached hydrogen (secondary N) is 1. The Morgan fingerprint density at radius 1 is 0.969 bits per heavy atom. The molecule has 0 bridgehead atoms. The van der Waals surface area contributed by atoms with Crippen molar-refractivity contribution in [1.29, 1.82) is 0 Å². The van der Waals surface area contributed by atoms with E-state index in [1.807, 2.05) is 0 Å². The molecule has 8 rings (SSSR count). The van der Waals surface area contributed by atoms with Crippen LogP contribution < -0.4 is 20.0 Å². The molecular formula is C41H31BrCl2F3N7O10. The van der Waals surface area contributed by atoms with Crippen molar-refractivity contribution in [2.24, 2.45) is 23.7 Å². The van der Waals surface area contributed by atoms with Crippen molar-refractivity contribution in [3.8, 4) is 11.5 Å². The van der Waals surface area contributed by atoms with Crippen molar-refractivity contribution >= 4 is 91.3 Å². The third-order valence-electron chi connectivity index (χ3n) is 12.3. The fourth-order valence-electron chi connectivity index (χ4n) is 9.78. The number of allylic oxidation sites excluding steroid dienone is 2. The Morgan fingerprint density at radius 3 is 2.17 bits per heavy atom. The van der Waals surface area contributed by atoms with E-state index in [1.165, 1.54) is 57.6 Å². The maximum absolute atomic E-state index is 15.5. The van der Waals surface area contributed by atoms with Crippen molar-refractivity contribution in [3.05, 3.63) is 124 Å². The number of hydrogen-bond acceptors (Lipinski definition) is 13. The first-order valence-electron chi connectivity index (χ1n) is 19.0. The van der Waals surface area contributed by atoms with E-state index >= 15 is 9.59 Å². The maximum Gasteiger partial charge on any atom is 0.417 e. The summed E-state index contributed by atoms with van der Waals surface area (Å²) in [5.74, 6) is -10.4. The highest BCUT2D eigenvalue weighted by Crippen LogP contribution is 2.65. The second kappa shape index (κ2) is 15.7. The first-order chi connectivity index (χ1) is 30.1. The first kappa shape index (κ1) is 44.3. The van der Waals surface area contributed by atoms with Gasteiger partial charge in [0.25, 0.3) is 11.8 Å². The fraction of sp³-hybridized carbons (Fsp3) is 0.293. The Hall–Kier alpha value is -6.32. The number of benzene rings is 3. The van der Waals surface area contributed by atoms with Gasteiger partial charge < -0.3 is 14.7 Å². The van der Waals surface area contributed by atoms with Crippen LogP contribution in [0.1, 0.15) is 35.4 Å². The molecule has 0 radical (unpaired) electrons. The van der Waals surface area contributed by atoms with E-state index in [4.69, 9.17) is 27.9 Å². The molecule has 2 aliphatic carbocycles. The number of aromatic hydroxyl groups is 1. The average Bonchev–Trinajstić information content (AvgIpc) is 3.62. The van der Waals surface area contributed by atoms with Crippen LogP contribution in [0.15, 0.2) is 76.9 Å². The van der Waals surface area contributed by atoms with E-state index in [2.05, 4.69) is 26.3 Å². The van der Waals surface area contributed by atoms with Crippen molar-refractivity contribution in [2.45, 2.75) is 30.4 Å². The molecular weight excluding hydrogens is 958 g/mol. The molecule has 1 saturated carbocycles. The van der Waals surface area contributed by atoms with Crippen molar-refractivity contribution in [3.63, 3.8) is 0 Å². The molecule has 64 heavy (non-hydrogen) atoms. The van der Waals surface area contributed by atoms with Crippen LogP contribution >= 0.6 is 39.1 Å². The van der Waals surface area contributed by atoms with Gasteiger partial charge in [-0.2, -0.15) is 18.2 Å². The number of carbonyl (C=O) groups is 4. The number of aromatic nitrogens is 1. The maximum atomic E-state index is 15.5. The van der Waals surface area contributed by atoms with Crippen LogP contribution in [0.3, 0.4) is 0 Å². The zero-order valence-electron chi connectivity index (χ0n) is 33.2. The van der Waals surface area contributed by atoms with Crippen molar-refractivity contribution in [1.82, 2.24) is 9.99 Å². The summed E-state index contributed by atoms with van der Waals surface area (Å²) in [6.07, 6.45) is -3.10. The number of nitrogens with zero attached hydrogens (tertiary/aromatic N) is 6. The standard InChI is InChI=1S/C41H31BrCl2F3N7O10/c1-50(2)33-28(53(60)61)13-21(14-29(33)54(62)63)51-36(56)23-9-8-22-24(31(23)38(51)58)15-25-37(57)52(49-35-27(44)12-19(16-48-35)41(45,46)47)39(59)40(25,18-4-6-20(43)7-5-18)32(22)17-10-26(42)34(55)30(11-17)64-3/h4-8,10-14,16,23-25,31-32,55H,9,15H2,1-3H3,(H,48,49)/t23-,24+,25-,31-,32-,40+/m0/s1. The van der Waals surface area contributed by atoms with Crippen LogP contribution in [0.4, 0.5) is 41.7 Å². The summed E-state index contributed by atoms with van der Waals surface area (Å²) in [6, 6.07) is 11.4. The molecule has 0 unspecified atom stereocenters. The molecule has 3 aromatic carbocycles. The van der Waals surface area contributed by atoms with E-state index in [0.29, 0.717) is 27.7 Å². The molecule has 3 heterocycles. The molecule has 1 aromatic heterocycles. The number of fused-ring (bicyclic) bond motifs is 4. The molecule has 4 amide bonds. The number of pyridine rings is 1. The van der Waals surface area contributed by atoms with Gasteiger partial charge in [-0.1, -0.05) is 47.0 Å². The predicted octanol–water partition coefficient (Wildman–Crippen LogP) is 7.96. The minimum Gasteiger partial charge on any atom is -0.503 e. The number of phenols is 1. The summed E-state index contributed by atoms with van der Waals surface area (Å²) in [6.45, 7) is 0. The molecule has 0 spiro atoms. The number of hydrogen-bond donors (Lipinski definition) is 2. The Kier molecular flexibility index (Phi) is 10.9. The topological polar surface area (TPSA) is 219 Å². The summed E-state index contributed by atoms with van der Waals surface area (Å²) in [7, 11) is 4.00. The van der Waals surface area contributed by atoms with Gasteiger partial charge in [0.05, 0.1) is 60.9 Å². The highest BCUT2D eigenvalue weighted by molar-refractivity contribution is 9.10. The van der Waals surface area contributed by atoms with Crippen LogP contribution in [0, 0.1) is 43.9 Å². The van der Waals surface area contributed by atoms with Crippen LogP contribution in [0.5, 0.6) is 11.5 Å². The molecule has 2 aliphatic heterocycles. The van der Waals surface area contributed by atoms with E-state index in [9.17, 15) is 48.1 Å². The quantitative estimate of drug-likeness (QED) is 0.0705. The molecule has 23 heteroatoms. The minimum atomic E-state index is -4.83. The van der Waals surface area contributed by atoms with E-state index in [0.717, 1.165) is 17.0 Å². The number of anilines is 3. The van der Waals surface area contributed by atoms with Gasteiger partial charge in [0.15, 0.2) is 23.0 Å². The van der Waals surface area contributed by atoms with Gasteiger partial charge in [0.2, 0.25) is 11.8 Å². The van der Waals surface area contributed by atoms with Gasteiger partial charge >= 0.3 is 17.6 Å². The van der Waals surface area contributed by atoms with Crippen LogP contribution in [0.2, 0.25) is 10.0 Å². The SMILES string of the molecule is COc1cc([C@H]2C3=CC[C@@H]4C(=O)N(c5cc([N+](=O)[O-])c(N(C)C)c([N+](=O)[O-])c5)C(=O)[C@@H]4[C@@H]3C[C@H]3C(=O)N(Nc4ncc(C(F)(F)F)cc4Cl)C(=O)[C@@]23c2ccc(Cl)cc2)cc(Br)c1O. The van der Waals surface area contributed by atoms with Gasteiger partial charge in [0.1, 0.15) is 0 Å². The number of carbonyl (C=O) groups excluding carboxylic acids is 4. The third kappa shape index (κ3) is 6.70. The zero-order valence-corrected chi connectivity index (χ0v) is 36.3. The number of imide groups is 2. The van der Waals surface area contributed by atoms with Gasteiger partial charge in [-0.05, 0) is 76.1 Å². The number of phenolic OH excluding ortho intramolecular Hbond substituents is 1. The van der Waals surface area contributed by atoms with Gasteiger partial charge in [-0.15, -0.1) is 0 Å². The molecule has 332 valence electrons. The largest absolute Gasteiger partial charge is 0.503 e. The second-order valence-corrected chi connectivity index (χ2v) is 17.4. The minimum absolute atomic E-state index is 0.0567. The Labute approximate surface area is 377 Å². The Morgan fingerprint density at radius 2 is 1.61 bits per heavy atom. The third-order valence-corrected chi connectivity index (χ3v) is 13.5. The number of ether oxygens (including phenoxy) is 1. The first-order valence-corrected chi connectivity index (χ1v) is 20.6. The fourth-order valence-corrected chi connectivity index (χ4v) is 10.6. The highest BCUT2D eigenvalue weighted by atomic mass is 79.9. The molecule has 4 aliphatic rings. The lowest BCUT2D eigenvalue weighted by atomic mass is 9.49. The Bertz CT molecular complexity index is 2740. The lowest BCUT2D eigenvalue weighted by Crippen LogP contribution is -2.53. The van der Waals surface area contributed by atoms with Gasteiger partial charge in [-0.3, -0.25) is 44.8 Å². The Balaban J connectivity index is 1.33. The number of hydrazine groups is 1. The summed E-state index contributed by atoms with van der Waals surface area (Å²) in [5.41, 5.74) is -1.96. The summed E-state index contributed by atoms with van der Waals surface area (Å²) in [5, 5.41) is 35.8. The van der Waals surface area contributed by atoms with E-state index in [-0.39, 0.29) is 50.7 Å². The van der Waals surface area contributed by atoms with Gasteiger partial charge in [-0.25, -0.2) is 9.88 Å². The smallest absolute Gasteiger partial charge is 0.417 e. The number of methoxy groups -OCH3 is 1. The molecule has 2 saturated heterocycles. The number of alkyl halides is 3. The van der Waals surface area contributed by atoms with Crippen LogP contribution in [-0.4, -0.2) is 69.8 Å². The number of halogens is 6. The summed E-state index contributed by atoms with van der Waals surface area (Å²) in [4.78, 5) is 88.2. The monoisotopic (exact) mass is 987 g/mol. The van der Waals surface area contributed by atoms with Crippen LogP contribution in [-0.2, 0) is 30.8 Å². The number of nitro groups is 2. The lowest BCUT2D eigenvalue weighted by molar-refractivity contribution is -0.392. The van der Waals surface area contributed by atoms with Crippen molar-refractivity contribution < 1.29 is 52.0 Å². The summed E-state index contributed by atoms with van der Waals surface area (Å²) < 4.78 is 46.3. The number of rotatable bonds is 9. The van der Waals surface area contributed by atoms with Crippen molar-refractivity contribution in [2.75, 3.05) is 36.4 Å². The van der Waals surface area contributed by atoms with E-state index < -0.39 is 108 Å². The van der Waals surface area contributed by atoms with E-state index in [1.54, 1.807) is 6.08 Å². The number of amides is 4.